The predicted octanol–water partition coefficient (Wildman–Crippen LogP) is 2.97. The Bertz CT molecular complexity index is 748. The fourth-order valence-electron chi connectivity index (χ4n) is 2.12. The van der Waals surface area contributed by atoms with Gasteiger partial charge in [-0.1, -0.05) is 0 Å². The van der Waals surface area contributed by atoms with Crippen molar-refractivity contribution >= 4 is 39.6 Å². The van der Waals surface area contributed by atoms with E-state index in [1.807, 2.05) is 22.9 Å². The Morgan fingerprint density at radius 1 is 1.32 bits per heavy atom. The van der Waals surface area contributed by atoms with Crippen molar-refractivity contribution in [3.63, 3.8) is 0 Å². The number of imidazole rings is 1. The zero-order valence-electron chi connectivity index (χ0n) is 10.5. The molecular weight excluding hydrogens is 351 g/mol. The van der Waals surface area contributed by atoms with Crippen LogP contribution in [0.5, 0.6) is 0 Å². The highest BCUT2D eigenvalue weighted by molar-refractivity contribution is 14.1. The van der Waals surface area contributed by atoms with Gasteiger partial charge < -0.3 is 10.3 Å². The van der Waals surface area contributed by atoms with Gasteiger partial charge in [-0.2, -0.15) is 0 Å². The van der Waals surface area contributed by atoms with Gasteiger partial charge in [-0.3, -0.25) is 4.98 Å². The standard InChI is InChI=1S/C14H13IN4/c1-9-4-5-17-7-10(9)8-19-13-3-2-11(15)6-12(13)18-14(19)16/h2-7H,8H2,1H3,(H2,16,18). The van der Waals surface area contributed by atoms with E-state index in [0.29, 0.717) is 12.5 Å². The molecule has 19 heavy (non-hydrogen) atoms. The van der Waals surface area contributed by atoms with Gasteiger partial charge in [-0.15, -0.1) is 0 Å². The number of aryl methyl sites for hydroxylation is 1. The minimum absolute atomic E-state index is 0.542. The zero-order valence-corrected chi connectivity index (χ0v) is 12.6. The Labute approximate surface area is 124 Å². The van der Waals surface area contributed by atoms with Crippen molar-refractivity contribution in [2.75, 3.05) is 5.73 Å². The molecule has 3 rings (SSSR count). The highest BCUT2D eigenvalue weighted by atomic mass is 127. The average molecular weight is 364 g/mol. The third-order valence-electron chi connectivity index (χ3n) is 3.22. The topological polar surface area (TPSA) is 56.7 Å². The summed E-state index contributed by atoms with van der Waals surface area (Å²) >= 11 is 2.28. The first-order valence-electron chi connectivity index (χ1n) is 5.96. The Morgan fingerprint density at radius 3 is 2.95 bits per heavy atom. The minimum atomic E-state index is 0.542. The normalized spacial score (nSPS) is 11.1. The van der Waals surface area contributed by atoms with Crippen molar-refractivity contribution in [1.82, 2.24) is 14.5 Å². The third-order valence-corrected chi connectivity index (χ3v) is 3.89. The van der Waals surface area contributed by atoms with Gasteiger partial charge in [0.1, 0.15) is 0 Å². The fraction of sp³-hybridized carbons (Fsp3) is 0.143. The van der Waals surface area contributed by atoms with Crippen LogP contribution in [0.3, 0.4) is 0 Å². The van der Waals surface area contributed by atoms with E-state index in [4.69, 9.17) is 5.73 Å². The summed E-state index contributed by atoms with van der Waals surface area (Å²) in [5.74, 6) is 0.542. The van der Waals surface area contributed by atoms with Crippen LogP contribution in [-0.4, -0.2) is 14.5 Å². The van der Waals surface area contributed by atoms with E-state index in [1.54, 1.807) is 6.20 Å². The molecule has 0 fully saturated rings. The van der Waals surface area contributed by atoms with Gasteiger partial charge in [0.05, 0.1) is 17.6 Å². The maximum absolute atomic E-state index is 6.03. The molecule has 0 spiro atoms. The molecule has 2 aromatic heterocycles. The summed E-state index contributed by atoms with van der Waals surface area (Å²) in [7, 11) is 0. The monoisotopic (exact) mass is 364 g/mol. The number of aromatic nitrogens is 3. The van der Waals surface area contributed by atoms with Crippen LogP contribution in [0, 0.1) is 10.5 Å². The largest absolute Gasteiger partial charge is 0.369 e. The van der Waals surface area contributed by atoms with Crippen molar-refractivity contribution in [2.45, 2.75) is 13.5 Å². The molecular formula is C14H13IN4. The van der Waals surface area contributed by atoms with Crippen LogP contribution >= 0.6 is 22.6 Å². The lowest BCUT2D eigenvalue weighted by molar-refractivity contribution is 0.826. The van der Waals surface area contributed by atoms with Gasteiger partial charge in [0.2, 0.25) is 5.95 Å². The Hall–Kier alpha value is -1.63. The lowest BCUT2D eigenvalue weighted by Gasteiger charge is -2.08. The Balaban J connectivity index is 2.10. The second kappa shape index (κ2) is 4.80. The fourth-order valence-corrected chi connectivity index (χ4v) is 2.60. The van der Waals surface area contributed by atoms with E-state index < -0.39 is 0 Å². The number of nitrogens with zero attached hydrogens (tertiary/aromatic N) is 3. The number of hydrogen-bond donors (Lipinski definition) is 1. The summed E-state index contributed by atoms with van der Waals surface area (Å²) in [4.78, 5) is 8.59. The SMILES string of the molecule is Cc1ccncc1Cn1c(N)nc2cc(I)ccc21. The van der Waals surface area contributed by atoms with Crippen LogP contribution in [0.25, 0.3) is 11.0 Å². The minimum Gasteiger partial charge on any atom is -0.369 e. The number of hydrogen-bond acceptors (Lipinski definition) is 3. The first-order chi connectivity index (χ1) is 9.15. The van der Waals surface area contributed by atoms with Crippen molar-refractivity contribution < 1.29 is 0 Å². The molecule has 0 aliphatic carbocycles. The summed E-state index contributed by atoms with van der Waals surface area (Å²) in [6.07, 6.45) is 3.68. The number of nitrogens with two attached hydrogens (primary N) is 1. The van der Waals surface area contributed by atoms with E-state index in [0.717, 1.165) is 20.2 Å². The highest BCUT2D eigenvalue weighted by Crippen LogP contribution is 2.22. The second-order valence-corrected chi connectivity index (χ2v) is 5.74. The molecule has 0 aliphatic rings. The predicted molar refractivity (Wildman–Crippen MR) is 84.9 cm³/mol. The number of nitrogen functional groups attached to an aromatic ring is 1. The number of pyridine rings is 1. The van der Waals surface area contributed by atoms with Crippen molar-refractivity contribution in [1.29, 1.82) is 0 Å². The molecule has 0 radical (unpaired) electrons. The maximum atomic E-state index is 6.03. The van der Waals surface area contributed by atoms with E-state index in [1.165, 1.54) is 5.56 Å². The van der Waals surface area contributed by atoms with E-state index in [2.05, 4.69) is 51.6 Å². The smallest absolute Gasteiger partial charge is 0.201 e. The molecule has 0 bridgehead atoms. The third kappa shape index (κ3) is 2.30. The quantitative estimate of drug-likeness (QED) is 0.712. The van der Waals surface area contributed by atoms with Crippen molar-refractivity contribution in [3.05, 3.63) is 51.4 Å². The molecule has 96 valence electrons. The van der Waals surface area contributed by atoms with Gasteiger partial charge >= 0.3 is 0 Å². The number of fused-ring (bicyclic) bond motifs is 1. The molecule has 0 saturated carbocycles. The van der Waals surface area contributed by atoms with E-state index >= 15 is 0 Å². The number of benzene rings is 1. The summed E-state index contributed by atoms with van der Waals surface area (Å²) in [6, 6.07) is 8.18. The Morgan fingerprint density at radius 2 is 2.16 bits per heavy atom. The van der Waals surface area contributed by atoms with Gasteiger partial charge in [0.15, 0.2) is 0 Å². The first-order valence-corrected chi connectivity index (χ1v) is 7.04. The molecule has 2 N–H and O–H groups in total. The lowest BCUT2D eigenvalue weighted by Crippen LogP contribution is -2.06. The van der Waals surface area contributed by atoms with E-state index in [9.17, 15) is 0 Å². The molecule has 5 heteroatoms. The molecule has 0 saturated heterocycles. The average Bonchev–Trinajstić information content (AvgIpc) is 2.68. The summed E-state index contributed by atoms with van der Waals surface area (Å²) in [6.45, 7) is 2.78. The molecule has 0 unspecified atom stereocenters. The van der Waals surface area contributed by atoms with Crippen LogP contribution in [0.4, 0.5) is 5.95 Å². The highest BCUT2D eigenvalue weighted by Gasteiger charge is 2.09. The van der Waals surface area contributed by atoms with Gasteiger partial charge in [-0.05, 0) is 64.9 Å². The van der Waals surface area contributed by atoms with Crippen molar-refractivity contribution in [2.24, 2.45) is 0 Å². The molecule has 0 aliphatic heterocycles. The molecule has 4 nitrogen and oxygen atoms in total. The second-order valence-electron chi connectivity index (χ2n) is 4.49. The molecule has 0 amide bonds. The van der Waals surface area contributed by atoms with Crippen molar-refractivity contribution in [3.8, 4) is 0 Å². The molecule has 0 atom stereocenters. The van der Waals surface area contributed by atoms with Gasteiger partial charge in [-0.25, -0.2) is 4.98 Å². The summed E-state index contributed by atoms with van der Waals surface area (Å²) in [5.41, 5.74) is 10.4. The molecule has 1 aromatic carbocycles. The van der Waals surface area contributed by atoms with Crippen LogP contribution in [-0.2, 0) is 6.54 Å². The number of anilines is 1. The summed E-state index contributed by atoms with van der Waals surface area (Å²) < 4.78 is 3.18. The number of rotatable bonds is 2. The number of halogens is 1. The van der Waals surface area contributed by atoms with Gasteiger partial charge in [0.25, 0.3) is 0 Å². The van der Waals surface area contributed by atoms with Crippen LogP contribution in [0.15, 0.2) is 36.7 Å². The van der Waals surface area contributed by atoms with Crippen LogP contribution in [0.1, 0.15) is 11.1 Å². The maximum Gasteiger partial charge on any atom is 0.201 e. The molecule has 3 aromatic rings. The lowest BCUT2D eigenvalue weighted by atomic mass is 10.1. The molecule has 2 heterocycles. The van der Waals surface area contributed by atoms with Crippen LogP contribution in [0.2, 0.25) is 0 Å². The van der Waals surface area contributed by atoms with Crippen LogP contribution < -0.4 is 5.73 Å². The first kappa shape index (κ1) is 12.4. The van der Waals surface area contributed by atoms with E-state index in [-0.39, 0.29) is 0 Å². The summed E-state index contributed by atoms with van der Waals surface area (Å²) in [5, 5.41) is 0. The Kier molecular flexibility index (Phi) is 3.14. The zero-order chi connectivity index (χ0) is 13.4. The van der Waals surface area contributed by atoms with Gasteiger partial charge in [0, 0.05) is 16.0 Å².